The van der Waals surface area contributed by atoms with Crippen molar-refractivity contribution in [2.75, 3.05) is 6.54 Å². The van der Waals surface area contributed by atoms with Gasteiger partial charge in [-0.1, -0.05) is 18.9 Å². The van der Waals surface area contributed by atoms with Crippen molar-refractivity contribution < 1.29 is 17.2 Å². The first-order valence-corrected chi connectivity index (χ1v) is 7.57. The summed E-state index contributed by atoms with van der Waals surface area (Å²) in [4.78, 5) is -0.935. The monoisotopic (exact) mass is 290 g/mol. The van der Waals surface area contributed by atoms with E-state index in [2.05, 4.69) is 4.72 Å². The Hall–Kier alpha value is -1.05. The summed E-state index contributed by atoms with van der Waals surface area (Å²) in [5, 5.41) is 0. The summed E-state index contributed by atoms with van der Waals surface area (Å²) >= 11 is 0. The van der Waals surface area contributed by atoms with E-state index in [9.17, 15) is 17.2 Å². The van der Waals surface area contributed by atoms with Gasteiger partial charge in [-0.2, -0.15) is 0 Å². The second kappa shape index (κ2) is 5.15. The largest absolute Gasteiger partial charge is 0.329 e. The smallest absolute Gasteiger partial charge is 0.246 e. The molecule has 1 aliphatic rings. The van der Waals surface area contributed by atoms with Crippen LogP contribution in [0.1, 0.15) is 25.7 Å². The number of rotatable bonds is 4. The average molecular weight is 290 g/mol. The lowest BCUT2D eigenvalue weighted by atomic mass is 10.0. The zero-order valence-electron chi connectivity index (χ0n) is 10.3. The Labute approximate surface area is 111 Å². The van der Waals surface area contributed by atoms with Gasteiger partial charge in [-0.25, -0.2) is 21.9 Å². The zero-order valence-corrected chi connectivity index (χ0v) is 11.1. The molecule has 0 atom stereocenters. The molecule has 7 heteroatoms. The van der Waals surface area contributed by atoms with Gasteiger partial charge in [0.05, 0.1) is 0 Å². The topological polar surface area (TPSA) is 72.2 Å². The first-order valence-electron chi connectivity index (χ1n) is 6.08. The van der Waals surface area contributed by atoms with Crippen LogP contribution in [0, 0.1) is 11.6 Å². The number of halogens is 2. The van der Waals surface area contributed by atoms with Crippen LogP contribution in [0.2, 0.25) is 0 Å². The van der Waals surface area contributed by atoms with Crippen molar-refractivity contribution in [3.8, 4) is 0 Å². The molecule has 106 valence electrons. The molecule has 0 amide bonds. The van der Waals surface area contributed by atoms with E-state index >= 15 is 0 Å². The summed E-state index contributed by atoms with van der Waals surface area (Å²) in [6, 6.07) is 2.96. The van der Waals surface area contributed by atoms with Crippen molar-refractivity contribution in [3.05, 3.63) is 29.8 Å². The van der Waals surface area contributed by atoms with E-state index in [1.165, 1.54) is 0 Å². The maximum Gasteiger partial charge on any atom is 0.246 e. The molecule has 1 aromatic rings. The Morgan fingerprint density at radius 2 is 1.74 bits per heavy atom. The molecule has 0 unspecified atom stereocenters. The minimum absolute atomic E-state index is 0.113. The Morgan fingerprint density at radius 3 is 2.21 bits per heavy atom. The molecule has 0 saturated heterocycles. The minimum Gasteiger partial charge on any atom is -0.329 e. The van der Waals surface area contributed by atoms with Crippen molar-refractivity contribution in [2.24, 2.45) is 5.73 Å². The summed E-state index contributed by atoms with van der Waals surface area (Å²) in [5.74, 6) is -2.20. The molecule has 1 fully saturated rings. The number of hydrogen-bond donors (Lipinski definition) is 2. The highest BCUT2D eigenvalue weighted by Crippen LogP contribution is 2.31. The van der Waals surface area contributed by atoms with Gasteiger partial charge in [0.25, 0.3) is 0 Å². The molecule has 1 aliphatic carbocycles. The van der Waals surface area contributed by atoms with Gasteiger partial charge in [-0.3, -0.25) is 0 Å². The molecule has 3 N–H and O–H groups in total. The number of hydrogen-bond acceptors (Lipinski definition) is 3. The first-order chi connectivity index (χ1) is 8.90. The molecule has 19 heavy (non-hydrogen) atoms. The Bertz CT molecular complexity index is 549. The molecule has 1 aromatic carbocycles. The maximum absolute atomic E-state index is 13.6. The lowest BCUT2D eigenvalue weighted by Crippen LogP contribution is -2.51. The van der Waals surface area contributed by atoms with Crippen LogP contribution in [-0.4, -0.2) is 20.5 Å². The molecule has 0 heterocycles. The molecule has 0 spiro atoms. The highest BCUT2D eigenvalue weighted by atomic mass is 32.2. The maximum atomic E-state index is 13.6. The van der Waals surface area contributed by atoms with Gasteiger partial charge in [-0.05, 0) is 25.0 Å². The molecule has 4 nitrogen and oxygen atoms in total. The third-order valence-electron chi connectivity index (χ3n) is 3.49. The molecule has 1 saturated carbocycles. The fourth-order valence-corrected chi connectivity index (χ4v) is 4.08. The van der Waals surface area contributed by atoms with Crippen LogP contribution < -0.4 is 10.5 Å². The summed E-state index contributed by atoms with van der Waals surface area (Å²) in [5.41, 5.74) is 4.83. The predicted octanol–water partition coefficient (Wildman–Crippen LogP) is 1.51. The molecule has 0 radical (unpaired) electrons. The van der Waals surface area contributed by atoms with Gasteiger partial charge in [0.2, 0.25) is 10.0 Å². The van der Waals surface area contributed by atoms with Crippen LogP contribution in [0.25, 0.3) is 0 Å². The summed E-state index contributed by atoms with van der Waals surface area (Å²) < 4.78 is 53.8. The summed E-state index contributed by atoms with van der Waals surface area (Å²) in [6.45, 7) is 0.113. The van der Waals surface area contributed by atoms with Gasteiger partial charge >= 0.3 is 0 Å². The van der Waals surface area contributed by atoms with E-state index < -0.39 is 32.1 Å². The SMILES string of the molecule is NCC1(NS(=O)(=O)c2c(F)cccc2F)CCCC1. The van der Waals surface area contributed by atoms with E-state index in [1.54, 1.807) is 0 Å². The molecule has 0 bridgehead atoms. The van der Waals surface area contributed by atoms with Crippen molar-refractivity contribution in [3.63, 3.8) is 0 Å². The lowest BCUT2D eigenvalue weighted by Gasteiger charge is -2.28. The van der Waals surface area contributed by atoms with Gasteiger partial charge in [0.1, 0.15) is 11.6 Å². The van der Waals surface area contributed by atoms with E-state index in [0.29, 0.717) is 12.8 Å². The van der Waals surface area contributed by atoms with Gasteiger partial charge in [0.15, 0.2) is 4.90 Å². The second-order valence-electron chi connectivity index (χ2n) is 4.85. The van der Waals surface area contributed by atoms with Crippen LogP contribution >= 0.6 is 0 Å². The van der Waals surface area contributed by atoms with Crippen molar-refractivity contribution >= 4 is 10.0 Å². The number of nitrogens with one attached hydrogen (secondary N) is 1. The lowest BCUT2D eigenvalue weighted by molar-refractivity contribution is 0.396. The molecule has 0 aromatic heterocycles. The number of nitrogens with two attached hydrogens (primary N) is 1. The molecule has 0 aliphatic heterocycles. The quantitative estimate of drug-likeness (QED) is 0.883. The number of sulfonamides is 1. The fraction of sp³-hybridized carbons (Fsp3) is 0.500. The number of benzene rings is 1. The standard InChI is InChI=1S/C12H16F2N2O2S/c13-9-4-3-5-10(14)11(9)19(17,18)16-12(8-15)6-1-2-7-12/h3-5,16H,1-2,6-8,15H2. The fourth-order valence-electron chi connectivity index (χ4n) is 2.47. The van der Waals surface area contributed by atoms with Gasteiger partial charge in [0, 0.05) is 12.1 Å². The highest BCUT2D eigenvalue weighted by Gasteiger charge is 2.38. The van der Waals surface area contributed by atoms with Crippen molar-refractivity contribution in [1.29, 1.82) is 0 Å². The second-order valence-corrected chi connectivity index (χ2v) is 6.47. The average Bonchev–Trinajstić information content (AvgIpc) is 2.77. The third-order valence-corrected chi connectivity index (χ3v) is 5.12. The Kier molecular flexibility index (Phi) is 3.89. The summed E-state index contributed by atoms with van der Waals surface area (Å²) in [7, 11) is -4.26. The zero-order chi connectivity index (χ0) is 14.1. The van der Waals surface area contributed by atoms with E-state index in [4.69, 9.17) is 5.73 Å². The van der Waals surface area contributed by atoms with Gasteiger partial charge in [-0.15, -0.1) is 0 Å². The van der Waals surface area contributed by atoms with Crippen LogP contribution in [0.3, 0.4) is 0 Å². The predicted molar refractivity (Wildman–Crippen MR) is 66.9 cm³/mol. The highest BCUT2D eigenvalue weighted by molar-refractivity contribution is 7.89. The molecular weight excluding hydrogens is 274 g/mol. The van der Waals surface area contributed by atoms with Crippen molar-refractivity contribution in [1.82, 2.24) is 4.72 Å². The molecular formula is C12H16F2N2O2S. The normalized spacial score (nSPS) is 18.7. The van der Waals surface area contributed by atoms with E-state index in [-0.39, 0.29) is 6.54 Å². The Balaban J connectivity index is 2.38. The van der Waals surface area contributed by atoms with Gasteiger partial charge < -0.3 is 5.73 Å². The van der Waals surface area contributed by atoms with Crippen LogP contribution in [0.5, 0.6) is 0 Å². The third kappa shape index (κ3) is 2.77. The molecule has 2 rings (SSSR count). The van der Waals surface area contributed by atoms with Crippen molar-refractivity contribution in [2.45, 2.75) is 36.1 Å². The van der Waals surface area contributed by atoms with Crippen LogP contribution in [0.15, 0.2) is 23.1 Å². The summed E-state index contributed by atoms with van der Waals surface area (Å²) in [6.07, 6.45) is 2.86. The minimum atomic E-state index is -4.26. The first kappa shape index (κ1) is 14.4. The van der Waals surface area contributed by atoms with Crippen LogP contribution in [-0.2, 0) is 10.0 Å². The van der Waals surface area contributed by atoms with E-state index in [0.717, 1.165) is 31.0 Å². The van der Waals surface area contributed by atoms with Crippen LogP contribution in [0.4, 0.5) is 8.78 Å². The Morgan fingerprint density at radius 1 is 1.21 bits per heavy atom. The van der Waals surface area contributed by atoms with E-state index in [1.807, 2.05) is 0 Å².